The topological polar surface area (TPSA) is 42.1 Å². The number of halogens is 3. The number of hydrogen-bond acceptors (Lipinski definition) is 2. The third-order valence-corrected chi connectivity index (χ3v) is 3.58. The number of esters is 1. The van der Waals surface area contributed by atoms with E-state index >= 15 is 0 Å². The Kier molecular flexibility index (Phi) is 3.60. The summed E-state index contributed by atoms with van der Waals surface area (Å²) in [7, 11) is 1.23. The van der Waals surface area contributed by atoms with Crippen LogP contribution in [0, 0.1) is 0 Å². The average Bonchev–Trinajstić information content (AvgIpc) is 2.92. The highest BCUT2D eigenvalue weighted by atomic mass is 19.4. The van der Waals surface area contributed by atoms with Crippen molar-refractivity contribution in [2.24, 2.45) is 0 Å². The van der Waals surface area contributed by atoms with Gasteiger partial charge in [-0.1, -0.05) is 30.3 Å². The van der Waals surface area contributed by atoms with Crippen molar-refractivity contribution in [1.29, 1.82) is 0 Å². The normalized spacial score (nSPS) is 11.7. The van der Waals surface area contributed by atoms with E-state index in [-0.39, 0.29) is 5.69 Å². The van der Waals surface area contributed by atoms with Crippen LogP contribution < -0.4 is 0 Å². The number of benzene rings is 2. The largest absolute Gasteiger partial charge is 0.464 e. The molecule has 0 aliphatic carbocycles. The first-order chi connectivity index (χ1) is 10.9. The molecule has 0 radical (unpaired) electrons. The number of ether oxygens (including phenoxy) is 1. The highest BCUT2D eigenvalue weighted by Gasteiger charge is 2.31. The number of aromatic nitrogens is 1. The van der Waals surface area contributed by atoms with Gasteiger partial charge < -0.3 is 9.72 Å². The van der Waals surface area contributed by atoms with E-state index in [0.29, 0.717) is 22.0 Å². The minimum Gasteiger partial charge on any atom is -0.464 e. The maximum atomic E-state index is 13.0. The number of aromatic amines is 1. The van der Waals surface area contributed by atoms with Crippen LogP contribution >= 0.6 is 0 Å². The molecule has 0 bridgehead atoms. The second-order valence-electron chi connectivity index (χ2n) is 4.99. The van der Waals surface area contributed by atoms with Gasteiger partial charge in [0.25, 0.3) is 0 Å². The molecule has 0 saturated heterocycles. The molecular formula is C17H12F3NO2. The van der Waals surface area contributed by atoms with E-state index in [9.17, 15) is 18.0 Å². The predicted octanol–water partition coefficient (Wildman–Crippen LogP) is 4.64. The number of alkyl halides is 3. The molecule has 0 saturated carbocycles. The molecule has 3 nitrogen and oxygen atoms in total. The van der Waals surface area contributed by atoms with Gasteiger partial charge in [0.05, 0.1) is 12.7 Å². The van der Waals surface area contributed by atoms with Crippen molar-refractivity contribution < 1.29 is 22.7 Å². The number of hydrogen-bond donors (Lipinski definition) is 1. The van der Waals surface area contributed by atoms with Crippen molar-refractivity contribution in [3.8, 4) is 11.1 Å². The fraction of sp³-hybridized carbons (Fsp3) is 0.118. The molecule has 23 heavy (non-hydrogen) atoms. The summed E-state index contributed by atoms with van der Waals surface area (Å²) >= 11 is 0. The van der Waals surface area contributed by atoms with Crippen LogP contribution in [0.1, 0.15) is 16.1 Å². The molecule has 0 aliphatic heterocycles. The van der Waals surface area contributed by atoms with Gasteiger partial charge in [0.15, 0.2) is 0 Å². The van der Waals surface area contributed by atoms with Crippen molar-refractivity contribution in [3.63, 3.8) is 0 Å². The smallest absolute Gasteiger partial charge is 0.416 e. The molecule has 0 aliphatic rings. The molecule has 0 spiro atoms. The minimum atomic E-state index is -4.45. The molecule has 1 aromatic heterocycles. The second kappa shape index (κ2) is 5.46. The van der Waals surface area contributed by atoms with Gasteiger partial charge in [-0.15, -0.1) is 0 Å². The Morgan fingerprint density at radius 1 is 1.09 bits per heavy atom. The Balaban J connectivity index is 2.34. The summed E-state index contributed by atoms with van der Waals surface area (Å²) < 4.78 is 43.7. The second-order valence-corrected chi connectivity index (χ2v) is 4.99. The highest BCUT2D eigenvalue weighted by molar-refractivity contribution is 6.08. The van der Waals surface area contributed by atoms with E-state index in [2.05, 4.69) is 4.98 Å². The summed E-state index contributed by atoms with van der Waals surface area (Å²) in [5.74, 6) is -0.631. The third kappa shape index (κ3) is 2.67. The molecule has 3 aromatic rings. The molecule has 0 atom stereocenters. The van der Waals surface area contributed by atoms with Crippen LogP contribution in [0.25, 0.3) is 22.0 Å². The van der Waals surface area contributed by atoms with E-state index in [1.165, 1.54) is 13.2 Å². The number of nitrogens with one attached hydrogen (secondary N) is 1. The standard InChI is InChI=1S/C17H12F3NO2/c1-23-16(22)15-14(10-5-3-2-4-6-10)12-9-11(17(18,19)20)7-8-13(12)21-15/h2-9,21H,1H3. The third-order valence-electron chi connectivity index (χ3n) is 3.58. The Morgan fingerprint density at radius 3 is 2.39 bits per heavy atom. The number of methoxy groups -OCH3 is 1. The predicted molar refractivity (Wildman–Crippen MR) is 80.1 cm³/mol. The SMILES string of the molecule is COC(=O)c1[nH]c2ccc(C(F)(F)F)cc2c1-c1ccccc1. The molecule has 3 rings (SSSR count). The zero-order valence-electron chi connectivity index (χ0n) is 12.1. The lowest BCUT2D eigenvalue weighted by molar-refractivity contribution is -0.137. The summed E-state index contributed by atoms with van der Waals surface area (Å²) in [5.41, 5.74) is 0.847. The van der Waals surface area contributed by atoms with Crippen molar-refractivity contribution in [2.45, 2.75) is 6.18 Å². The first-order valence-electron chi connectivity index (χ1n) is 6.78. The maximum absolute atomic E-state index is 13.0. The van der Waals surface area contributed by atoms with Gasteiger partial charge in [0.1, 0.15) is 5.69 Å². The first-order valence-corrected chi connectivity index (χ1v) is 6.78. The van der Waals surface area contributed by atoms with Crippen LogP contribution in [0.4, 0.5) is 13.2 Å². The van der Waals surface area contributed by atoms with Crippen LogP contribution in [0.3, 0.4) is 0 Å². The summed E-state index contributed by atoms with van der Waals surface area (Å²) in [4.78, 5) is 14.8. The zero-order chi connectivity index (χ0) is 16.6. The number of H-pyrrole nitrogens is 1. The summed E-state index contributed by atoms with van der Waals surface area (Å²) in [6, 6.07) is 12.1. The number of rotatable bonds is 2. The lowest BCUT2D eigenvalue weighted by Crippen LogP contribution is -2.04. The number of fused-ring (bicyclic) bond motifs is 1. The molecule has 0 fully saturated rings. The van der Waals surface area contributed by atoms with Crippen LogP contribution in [-0.2, 0) is 10.9 Å². The van der Waals surface area contributed by atoms with Gasteiger partial charge in [-0.3, -0.25) is 0 Å². The Hall–Kier alpha value is -2.76. The Morgan fingerprint density at radius 2 is 1.78 bits per heavy atom. The van der Waals surface area contributed by atoms with Gasteiger partial charge in [-0.2, -0.15) is 13.2 Å². The van der Waals surface area contributed by atoms with Gasteiger partial charge in [-0.25, -0.2) is 4.79 Å². The highest BCUT2D eigenvalue weighted by Crippen LogP contribution is 2.37. The Labute approximate surface area is 129 Å². The van der Waals surface area contributed by atoms with Gasteiger partial charge in [0.2, 0.25) is 0 Å². The van der Waals surface area contributed by atoms with Crippen LogP contribution in [0.15, 0.2) is 48.5 Å². The van der Waals surface area contributed by atoms with E-state index < -0.39 is 17.7 Å². The van der Waals surface area contributed by atoms with E-state index in [1.54, 1.807) is 30.3 Å². The summed E-state index contributed by atoms with van der Waals surface area (Å²) in [6.45, 7) is 0. The van der Waals surface area contributed by atoms with E-state index in [0.717, 1.165) is 12.1 Å². The molecule has 2 aromatic carbocycles. The van der Waals surface area contributed by atoms with Crippen LogP contribution in [0.5, 0.6) is 0 Å². The number of carbonyl (C=O) groups is 1. The van der Waals surface area contributed by atoms with Gasteiger partial charge >= 0.3 is 12.1 Å². The van der Waals surface area contributed by atoms with Gasteiger partial charge in [-0.05, 0) is 23.8 Å². The van der Waals surface area contributed by atoms with Crippen LogP contribution in [-0.4, -0.2) is 18.1 Å². The molecular weight excluding hydrogens is 307 g/mol. The summed E-state index contributed by atoms with van der Waals surface area (Å²) in [6.07, 6.45) is -4.45. The molecule has 118 valence electrons. The first kappa shape index (κ1) is 15.1. The van der Waals surface area contributed by atoms with Crippen molar-refractivity contribution >= 4 is 16.9 Å². The van der Waals surface area contributed by atoms with Gasteiger partial charge in [0, 0.05) is 16.5 Å². The van der Waals surface area contributed by atoms with E-state index in [4.69, 9.17) is 4.74 Å². The van der Waals surface area contributed by atoms with Crippen molar-refractivity contribution in [3.05, 3.63) is 59.8 Å². The van der Waals surface area contributed by atoms with Crippen LogP contribution in [0.2, 0.25) is 0 Å². The minimum absolute atomic E-state index is 0.132. The Bertz CT molecular complexity index is 867. The average molecular weight is 319 g/mol. The monoisotopic (exact) mass is 319 g/mol. The molecule has 0 unspecified atom stereocenters. The lowest BCUT2D eigenvalue weighted by Gasteiger charge is -2.07. The lowest BCUT2D eigenvalue weighted by atomic mass is 10.0. The maximum Gasteiger partial charge on any atom is 0.416 e. The van der Waals surface area contributed by atoms with Crippen molar-refractivity contribution in [1.82, 2.24) is 4.98 Å². The van der Waals surface area contributed by atoms with E-state index in [1.807, 2.05) is 0 Å². The number of carbonyl (C=O) groups excluding carboxylic acids is 1. The fourth-order valence-electron chi connectivity index (χ4n) is 2.53. The summed E-state index contributed by atoms with van der Waals surface area (Å²) in [5, 5.41) is 0.325. The molecule has 0 amide bonds. The van der Waals surface area contributed by atoms with Crippen molar-refractivity contribution in [2.75, 3.05) is 7.11 Å². The molecule has 1 N–H and O–H groups in total. The zero-order valence-corrected chi connectivity index (χ0v) is 12.1. The molecule has 1 heterocycles. The fourth-order valence-corrected chi connectivity index (χ4v) is 2.53. The quantitative estimate of drug-likeness (QED) is 0.699. The molecule has 6 heteroatoms.